The maximum Gasteiger partial charge on any atom is 0.261 e. The van der Waals surface area contributed by atoms with E-state index in [1.54, 1.807) is 0 Å². The fraction of sp³-hybridized carbons (Fsp3) is 0.500. The standard InChI is InChI=1S/C10H12BrNO2S/c1-10(4-5-14-6-10)12-9(13)7-2-3-8(11)15-7/h2-3H,4-6H2,1H3,(H,12,13). The van der Waals surface area contributed by atoms with Gasteiger partial charge in [-0.2, -0.15) is 0 Å². The largest absolute Gasteiger partial charge is 0.379 e. The molecule has 1 atom stereocenters. The average Bonchev–Trinajstić information content (AvgIpc) is 2.75. The fourth-order valence-corrected chi connectivity index (χ4v) is 2.82. The first-order valence-electron chi connectivity index (χ1n) is 4.75. The Labute approximate surface area is 101 Å². The van der Waals surface area contributed by atoms with Crippen LogP contribution in [-0.4, -0.2) is 24.7 Å². The van der Waals surface area contributed by atoms with Gasteiger partial charge >= 0.3 is 0 Å². The highest BCUT2D eigenvalue weighted by Gasteiger charge is 2.31. The number of carbonyl (C=O) groups excluding carboxylic acids is 1. The van der Waals surface area contributed by atoms with E-state index < -0.39 is 0 Å². The third-order valence-corrected chi connectivity index (χ3v) is 4.05. The zero-order chi connectivity index (χ0) is 10.9. The smallest absolute Gasteiger partial charge is 0.261 e. The van der Waals surface area contributed by atoms with Crippen LogP contribution < -0.4 is 5.32 Å². The van der Waals surface area contributed by atoms with Gasteiger partial charge in [0, 0.05) is 6.61 Å². The van der Waals surface area contributed by atoms with Crippen LogP contribution >= 0.6 is 27.3 Å². The minimum Gasteiger partial charge on any atom is -0.379 e. The monoisotopic (exact) mass is 289 g/mol. The summed E-state index contributed by atoms with van der Waals surface area (Å²) in [4.78, 5) is 12.6. The summed E-state index contributed by atoms with van der Waals surface area (Å²) in [6, 6.07) is 3.70. The Bertz CT molecular complexity index is 371. The fourth-order valence-electron chi connectivity index (χ4n) is 1.54. The molecule has 1 aromatic rings. The van der Waals surface area contributed by atoms with E-state index in [1.807, 2.05) is 19.1 Å². The molecule has 1 fully saturated rings. The Morgan fingerprint density at radius 2 is 2.47 bits per heavy atom. The second kappa shape index (κ2) is 4.23. The van der Waals surface area contributed by atoms with Gasteiger partial charge in [0.2, 0.25) is 0 Å². The summed E-state index contributed by atoms with van der Waals surface area (Å²) in [5, 5.41) is 3.01. The topological polar surface area (TPSA) is 38.3 Å². The van der Waals surface area contributed by atoms with Gasteiger partial charge in [-0.25, -0.2) is 0 Å². The first kappa shape index (κ1) is 11.1. The molecular formula is C10H12BrNO2S. The molecule has 1 N–H and O–H groups in total. The number of halogens is 1. The van der Waals surface area contributed by atoms with Crippen LogP contribution in [0.1, 0.15) is 23.0 Å². The van der Waals surface area contributed by atoms with Gasteiger partial charge in [0.25, 0.3) is 5.91 Å². The van der Waals surface area contributed by atoms with Crippen molar-refractivity contribution in [3.05, 3.63) is 20.8 Å². The lowest BCUT2D eigenvalue weighted by Crippen LogP contribution is -2.46. The first-order valence-corrected chi connectivity index (χ1v) is 6.36. The maximum absolute atomic E-state index is 11.8. The zero-order valence-electron chi connectivity index (χ0n) is 8.38. The summed E-state index contributed by atoms with van der Waals surface area (Å²) < 4.78 is 6.25. The Balaban J connectivity index is 2.03. The second-order valence-electron chi connectivity index (χ2n) is 3.92. The predicted molar refractivity (Wildman–Crippen MR) is 63.3 cm³/mol. The van der Waals surface area contributed by atoms with Crippen LogP contribution in [0.3, 0.4) is 0 Å². The van der Waals surface area contributed by atoms with Crippen molar-refractivity contribution in [2.45, 2.75) is 18.9 Å². The van der Waals surface area contributed by atoms with Crippen molar-refractivity contribution in [3.8, 4) is 0 Å². The van der Waals surface area contributed by atoms with Gasteiger partial charge in [-0.05, 0) is 41.4 Å². The van der Waals surface area contributed by atoms with E-state index in [2.05, 4.69) is 21.2 Å². The molecule has 3 nitrogen and oxygen atoms in total. The molecule has 0 bridgehead atoms. The molecule has 0 radical (unpaired) electrons. The predicted octanol–water partition coefficient (Wildman–Crippen LogP) is 2.42. The van der Waals surface area contributed by atoms with Crippen LogP contribution in [0.5, 0.6) is 0 Å². The summed E-state index contributed by atoms with van der Waals surface area (Å²) in [7, 11) is 0. The van der Waals surface area contributed by atoms with E-state index in [-0.39, 0.29) is 11.4 Å². The molecule has 1 aliphatic heterocycles. The van der Waals surface area contributed by atoms with Crippen LogP contribution in [-0.2, 0) is 4.74 Å². The SMILES string of the molecule is CC1(NC(=O)c2ccc(Br)s2)CCOC1. The molecule has 5 heteroatoms. The van der Waals surface area contributed by atoms with Crippen LogP contribution in [0.15, 0.2) is 15.9 Å². The Kier molecular flexibility index (Phi) is 3.13. The number of thiophene rings is 1. The number of ether oxygens (including phenoxy) is 1. The molecule has 0 saturated carbocycles. The van der Waals surface area contributed by atoms with Gasteiger partial charge in [0.1, 0.15) is 0 Å². The minimum absolute atomic E-state index is 0.0151. The van der Waals surface area contributed by atoms with Crippen molar-refractivity contribution >= 4 is 33.2 Å². The number of hydrogen-bond donors (Lipinski definition) is 1. The molecule has 15 heavy (non-hydrogen) atoms. The van der Waals surface area contributed by atoms with E-state index in [4.69, 9.17) is 4.74 Å². The van der Waals surface area contributed by atoms with E-state index in [9.17, 15) is 4.79 Å². The summed E-state index contributed by atoms with van der Waals surface area (Å²) in [5.41, 5.74) is -0.201. The zero-order valence-corrected chi connectivity index (χ0v) is 10.8. The van der Waals surface area contributed by atoms with E-state index in [0.29, 0.717) is 6.61 Å². The summed E-state index contributed by atoms with van der Waals surface area (Å²) in [5.74, 6) is -0.0151. The van der Waals surface area contributed by atoms with Gasteiger partial charge in [-0.3, -0.25) is 4.79 Å². The number of amides is 1. The summed E-state index contributed by atoms with van der Waals surface area (Å²) >= 11 is 4.78. The molecule has 2 heterocycles. The third-order valence-electron chi connectivity index (χ3n) is 2.43. The molecule has 0 aromatic carbocycles. The molecule has 0 spiro atoms. The van der Waals surface area contributed by atoms with Crippen molar-refractivity contribution in [2.24, 2.45) is 0 Å². The van der Waals surface area contributed by atoms with Crippen LogP contribution in [0, 0.1) is 0 Å². The lowest BCUT2D eigenvalue weighted by atomic mass is 10.0. The van der Waals surface area contributed by atoms with Crippen molar-refractivity contribution in [1.82, 2.24) is 5.32 Å². The average molecular weight is 290 g/mol. The number of hydrogen-bond acceptors (Lipinski definition) is 3. The van der Waals surface area contributed by atoms with Crippen LogP contribution in [0.4, 0.5) is 0 Å². The molecule has 1 unspecified atom stereocenters. The molecule has 2 rings (SSSR count). The highest BCUT2D eigenvalue weighted by Crippen LogP contribution is 2.24. The van der Waals surface area contributed by atoms with Crippen molar-refractivity contribution in [2.75, 3.05) is 13.2 Å². The maximum atomic E-state index is 11.8. The van der Waals surface area contributed by atoms with E-state index in [1.165, 1.54) is 11.3 Å². The van der Waals surface area contributed by atoms with Gasteiger partial charge in [0.05, 0.1) is 20.8 Å². The van der Waals surface area contributed by atoms with E-state index in [0.717, 1.165) is 21.7 Å². The van der Waals surface area contributed by atoms with Gasteiger partial charge < -0.3 is 10.1 Å². The Morgan fingerprint density at radius 1 is 1.67 bits per heavy atom. The molecule has 0 aliphatic carbocycles. The Hall–Kier alpha value is -0.390. The lowest BCUT2D eigenvalue weighted by molar-refractivity contribution is 0.0894. The summed E-state index contributed by atoms with van der Waals surface area (Å²) in [6.07, 6.45) is 0.880. The van der Waals surface area contributed by atoms with Crippen molar-refractivity contribution in [3.63, 3.8) is 0 Å². The van der Waals surface area contributed by atoms with Gasteiger partial charge in [-0.1, -0.05) is 0 Å². The quantitative estimate of drug-likeness (QED) is 0.908. The first-order chi connectivity index (χ1) is 7.09. The normalized spacial score (nSPS) is 25.5. The van der Waals surface area contributed by atoms with Crippen molar-refractivity contribution in [1.29, 1.82) is 0 Å². The number of rotatable bonds is 2. The van der Waals surface area contributed by atoms with Crippen LogP contribution in [0.25, 0.3) is 0 Å². The van der Waals surface area contributed by atoms with E-state index >= 15 is 0 Å². The van der Waals surface area contributed by atoms with Gasteiger partial charge in [0.15, 0.2) is 0 Å². The van der Waals surface area contributed by atoms with Gasteiger partial charge in [-0.15, -0.1) is 11.3 Å². The molecule has 1 aliphatic rings. The second-order valence-corrected chi connectivity index (χ2v) is 6.38. The Morgan fingerprint density at radius 3 is 3.00 bits per heavy atom. The minimum atomic E-state index is -0.201. The van der Waals surface area contributed by atoms with Crippen LogP contribution in [0.2, 0.25) is 0 Å². The number of carbonyl (C=O) groups is 1. The third kappa shape index (κ3) is 2.59. The summed E-state index contributed by atoms with van der Waals surface area (Å²) in [6.45, 7) is 3.34. The highest BCUT2D eigenvalue weighted by atomic mass is 79.9. The molecular weight excluding hydrogens is 278 g/mol. The molecule has 1 amide bonds. The van der Waals surface area contributed by atoms with Crippen molar-refractivity contribution < 1.29 is 9.53 Å². The molecule has 1 aromatic heterocycles. The highest BCUT2D eigenvalue weighted by molar-refractivity contribution is 9.11. The molecule has 82 valence electrons. The number of nitrogens with one attached hydrogen (secondary N) is 1. The molecule has 1 saturated heterocycles. The lowest BCUT2D eigenvalue weighted by Gasteiger charge is -2.22.